The normalized spacial score (nSPS) is 11.8. The molecule has 2 rings (SSSR count). The van der Waals surface area contributed by atoms with Gasteiger partial charge in [-0.3, -0.25) is 4.79 Å². The summed E-state index contributed by atoms with van der Waals surface area (Å²) < 4.78 is 11.1. The molecule has 0 heterocycles. The number of rotatable bonds is 10. The van der Waals surface area contributed by atoms with Crippen molar-refractivity contribution in [2.75, 3.05) is 20.3 Å². The maximum atomic E-state index is 12.2. The first-order chi connectivity index (χ1) is 13.4. The number of ether oxygens (including phenoxy) is 2. The molecule has 0 fully saturated rings. The fraction of sp³-hybridized carbons (Fsp3) is 0.435. The van der Waals surface area contributed by atoms with Gasteiger partial charge in [-0.2, -0.15) is 0 Å². The fourth-order valence-corrected chi connectivity index (χ4v) is 3.01. The number of hydrogen-bond donors (Lipinski definition) is 1. The molecule has 0 spiro atoms. The number of nitrogens with one attached hydrogen (secondary N) is 1. The molecule has 1 atom stereocenters. The molecule has 28 heavy (non-hydrogen) atoms. The van der Waals surface area contributed by atoms with Gasteiger partial charge in [0.1, 0.15) is 6.61 Å². The summed E-state index contributed by atoms with van der Waals surface area (Å²) in [4.78, 5) is 12.5. The summed E-state index contributed by atoms with van der Waals surface area (Å²) in [7, 11) is 1.61. The Kier molecular flexibility index (Phi) is 8.84. The number of carbonyl (C=O) groups is 1. The lowest BCUT2D eigenvalue weighted by Crippen LogP contribution is -2.26. The maximum Gasteiger partial charge on any atom is 0.224 e. The van der Waals surface area contributed by atoms with E-state index in [0.29, 0.717) is 31.1 Å². The summed E-state index contributed by atoms with van der Waals surface area (Å²) in [5, 5.41) is 3.00. The Hall–Kier alpha value is -2.01. The average molecular weight is 448 g/mol. The van der Waals surface area contributed by atoms with Crippen molar-refractivity contribution >= 4 is 21.8 Å². The molecule has 5 heteroatoms. The van der Waals surface area contributed by atoms with Crippen LogP contribution in [0.15, 0.2) is 36.4 Å². The summed E-state index contributed by atoms with van der Waals surface area (Å²) in [5.41, 5.74) is 4.84. The summed E-state index contributed by atoms with van der Waals surface area (Å²) in [5.74, 6) is 1.35. The highest BCUT2D eigenvalue weighted by atomic mass is 79.9. The highest BCUT2D eigenvalue weighted by Gasteiger charge is 2.10. The lowest BCUT2D eigenvalue weighted by atomic mass is 10.0. The van der Waals surface area contributed by atoms with Crippen LogP contribution in [0.25, 0.3) is 0 Å². The minimum absolute atomic E-state index is 0.0184. The van der Waals surface area contributed by atoms with Crippen LogP contribution in [0.4, 0.5) is 0 Å². The molecular weight excluding hydrogens is 418 g/mol. The molecule has 1 unspecified atom stereocenters. The van der Waals surface area contributed by atoms with Crippen molar-refractivity contribution < 1.29 is 14.3 Å². The number of methoxy groups -OCH3 is 1. The van der Waals surface area contributed by atoms with Crippen LogP contribution >= 0.6 is 15.9 Å². The van der Waals surface area contributed by atoms with E-state index in [0.717, 1.165) is 18.4 Å². The average Bonchev–Trinajstić information content (AvgIpc) is 2.66. The van der Waals surface area contributed by atoms with E-state index < -0.39 is 0 Å². The minimum Gasteiger partial charge on any atom is -0.493 e. The Morgan fingerprint density at radius 1 is 1.07 bits per heavy atom. The van der Waals surface area contributed by atoms with E-state index >= 15 is 0 Å². The predicted molar refractivity (Wildman–Crippen MR) is 118 cm³/mol. The van der Waals surface area contributed by atoms with Gasteiger partial charge in [-0.15, -0.1) is 0 Å². The van der Waals surface area contributed by atoms with Crippen molar-refractivity contribution in [1.29, 1.82) is 0 Å². The molecule has 1 N–H and O–H groups in total. The number of halogens is 1. The summed E-state index contributed by atoms with van der Waals surface area (Å²) >= 11 is 3.46. The molecule has 0 aromatic heterocycles. The Bertz CT molecular complexity index is 789. The molecule has 0 saturated carbocycles. The van der Waals surface area contributed by atoms with Gasteiger partial charge in [-0.05, 0) is 68.0 Å². The number of carbonyl (C=O) groups excluding carboxylic acids is 1. The van der Waals surface area contributed by atoms with E-state index in [-0.39, 0.29) is 10.7 Å². The van der Waals surface area contributed by atoms with Crippen LogP contribution in [0.3, 0.4) is 0 Å². The lowest BCUT2D eigenvalue weighted by Gasteiger charge is -2.13. The molecule has 1 amide bonds. The highest BCUT2D eigenvalue weighted by Crippen LogP contribution is 2.28. The van der Waals surface area contributed by atoms with Gasteiger partial charge in [0.2, 0.25) is 5.91 Å². The standard InChI is InChI=1S/C23H30BrNO3/c1-16-7-8-19(12-17(16)2)6-5-11-25-23(26)14-20-9-10-21(22(13-20)27-4)28-15-18(3)24/h7-10,12-13,18H,5-6,11,14-15H2,1-4H3,(H,25,26). The molecule has 0 aliphatic carbocycles. The summed E-state index contributed by atoms with van der Waals surface area (Å²) in [6.07, 6.45) is 2.22. The van der Waals surface area contributed by atoms with Crippen LogP contribution in [0, 0.1) is 13.8 Å². The molecule has 2 aromatic carbocycles. The third kappa shape index (κ3) is 7.19. The molecule has 152 valence electrons. The lowest BCUT2D eigenvalue weighted by molar-refractivity contribution is -0.120. The van der Waals surface area contributed by atoms with Gasteiger partial charge in [-0.25, -0.2) is 0 Å². The van der Waals surface area contributed by atoms with E-state index in [1.165, 1.54) is 16.7 Å². The number of amides is 1. The number of hydrogen-bond acceptors (Lipinski definition) is 3. The van der Waals surface area contributed by atoms with Crippen LogP contribution in [-0.2, 0) is 17.6 Å². The van der Waals surface area contributed by atoms with E-state index in [4.69, 9.17) is 9.47 Å². The zero-order chi connectivity index (χ0) is 20.5. The molecule has 0 bridgehead atoms. The van der Waals surface area contributed by atoms with Gasteiger partial charge in [-0.1, -0.05) is 40.2 Å². The number of benzene rings is 2. The number of alkyl halides is 1. The number of aryl methyl sites for hydroxylation is 3. The zero-order valence-electron chi connectivity index (χ0n) is 17.2. The van der Waals surface area contributed by atoms with E-state index in [2.05, 4.69) is 53.3 Å². The van der Waals surface area contributed by atoms with Crippen molar-refractivity contribution in [3.05, 3.63) is 58.7 Å². The Morgan fingerprint density at radius 2 is 1.82 bits per heavy atom. The largest absolute Gasteiger partial charge is 0.493 e. The van der Waals surface area contributed by atoms with Crippen LogP contribution in [0.2, 0.25) is 0 Å². The third-order valence-corrected chi connectivity index (χ3v) is 4.86. The minimum atomic E-state index is 0.0184. The van der Waals surface area contributed by atoms with Crippen molar-refractivity contribution in [2.24, 2.45) is 0 Å². The Morgan fingerprint density at radius 3 is 2.50 bits per heavy atom. The Labute approximate surface area is 176 Å². The first kappa shape index (κ1) is 22.3. The second-order valence-electron chi connectivity index (χ2n) is 7.13. The zero-order valence-corrected chi connectivity index (χ0v) is 18.8. The van der Waals surface area contributed by atoms with Gasteiger partial charge < -0.3 is 14.8 Å². The Balaban J connectivity index is 1.79. The molecule has 0 radical (unpaired) electrons. The second-order valence-corrected chi connectivity index (χ2v) is 8.69. The summed E-state index contributed by atoms with van der Waals surface area (Å²) in [6.45, 7) is 7.50. The topological polar surface area (TPSA) is 47.6 Å². The summed E-state index contributed by atoms with van der Waals surface area (Å²) in [6, 6.07) is 12.2. The van der Waals surface area contributed by atoms with E-state index in [1.807, 2.05) is 25.1 Å². The molecular formula is C23H30BrNO3. The van der Waals surface area contributed by atoms with Crippen molar-refractivity contribution in [3.8, 4) is 11.5 Å². The van der Waals surface area contributed by atoms with Crippen LogP contribution in [0.1, 0.15) is 35.6 Å². The van der Waals surface area contributed by atoms with Crippen LogP contribution in [-0.4, -0.2) is 31.0 Å². The maximum absolute atomic E-state index is 12.2. The third-order valence-electron chi connectivity index (χ3n) is 4.60. The van der Waals surface area contributed by atoms with Crippen molar-refractivity contribution in [2.45, 2.75) is 44.9 Å². The molecule has 0 saturated heterocycles. The van der Waals surface area contributed by atoms with Crippen LogP contribution in [0.5, 0.6) is 11.5 Å². The second kappa shape index (κ2) is 11.1. The van der Waals surface area contributed by atoms with Gasteiger partial charge >= 0.3 is 0 Å². The smallest absolute Gasteiger partial charge is 0.224 e. The fourth-order valence-electron chi connectivity index (χ4n) is 2.87. The van der Waals surface area contributed by atoms with Crippen molar-refractivity contribution in [3.63, 3.8) is 0 Å². The van der Waals surface area contributed by atoms with Crippen molar-refractivity contribution in [1.82, 2.24) is 5.32 Å². The van der Waals surface area contributed by atoms with E-state index in [9.17, 15) is 4.79 Å². The van der Waals surface area contributed by atoms with Gasteiger partial charge in [0, 0.05) is 11.4 Å². The monoisotopic (exact) mass is 447 g/mol. The molecule has 0 aliphatic rings. The first-order valence-corrected chi connectivity index (χ1v) is 10.6. The first-order valence-electron chi connectivity index (χ1n) is 9.65. The quantitative estimate of drug-likeness (QED) is 0.421. The van der Waals surface area contributed by atoms with Gasteiger partial charge in [0.15, 0.2) is 11.5 Å². The SMILES string of the molecule is COc1cc(CC(=O)NCCCc2ccc(C)c(C)c2)ccc1OCC(C)Br. The van der Waals surface area contributed by atoms with Gasteiger partial charge in [0.25, 0.3) is 0 Å². The van der Waals surface area contributed by atoms with E-state index in [1.54, 1.807) is 7.11 Å². The molecule has 0 aliphatic heterocycles. The molecule has 2 aromatic rings. The predicted octanol–water partition coefficient (Wildman–Crippen LogP) is 4.77. The van der Waals surface area contributed by atoms with Gasteiger partial charge in [0.05, 0.1) is 13.5 Å². The molecule has 4 nitrogen and oxygen atoms in total. The van der Waals surface area contributed by atoms with Crippen LogP contribution < -0.4 is 14.8 Å². The highest BCUT2D eigenvalue weighted by molar-refractivity contribution is 9.09.